The van der Waals surface area contributed by atoms with E-state index < -0.39 is 0 Å². The van der Waals surface area contributed by atoms with Crippen molar-refractivity contribution in [2.24, 2.45) is 5.92 Å². The number of aryl methyl sites for hydroxylation is 2. The molecule has 0 spiro atoms. The third-order valence-electron chi connectivity index (χ3n) is 5.73. The van der Waals surface area contributed by atoms with Gasteiger partial charge in [-0.05, 0) is 60.1 Å². The second-order valence-corrected chi connectivity index (χ2v) is 7.94. The van der Waals surface area contributed by atoms with Crippen LogP contribution < -0.4 is 10.2 Å². The smallest absolute Gasteiger partial charge is 0.229 e. The molecule has 2 amide bonds. The van der Waals surface area contributed by atoms with Crippen molar-refractivity contribution in [3.8, 4) is 0 Å². The van der Waals surface area contributed by atoms with Crippen LogP contribution in [0, 0.1) is 5.92 Å². The standard InChI is InChI=1S/C23H26N2O2/c1-15(2)20-8-3-4-9-21(20)24-23(27)18-13-22(26)25(14-18)19-11-10-16-6-5-7-17(16)12-19/h3-4,8-12,15,18H,5-7,13-14H2,1-2H3,(H,24,27). The molecule has 1 N–H and O–H groups in total. The van der Waals surface area contributed by atoms with Crippen molar-refractivity contribution in [1.82, 2.24) is 0 Å². The second-order valence-electron chi connectivity index (χ2n) is 7.94. The summed E-state index contributed by atoms with van der Waals surface area (Å²) in [4.78, 5) is 27.1. The first-order valence-electron chi connectivity index (χ1n) is 9.85. The molecule has 1 aliphatic carbocycles. The number of nitrogens with one attached hydrogen (secondary N) is 1. The molecule has 1 saturated heterocycles. The zero-order valence-electron chi connectivity index (χ0n) is 16.0. The first-order valence-corrected chi connectivity index (χ1v) is 9.85. The number of anilines is 2. The van der Waals surface area contributed by atoms with E-state index in [0.29, 0.717) is 12.5 Å². The van der Waals surface area contributed by atoms with E-state index in [0.717, 1.165) is 29.8 Å². The van der Waals surface area contributed by atoms with Crippen molar-refractivity contribution in [3.05, 3.63) is 59.2 Å². The lowest BCUT2D eigenvalue weighted by Gasteiger charge is -2.19. The molecule has 4 heteroatoms. The molecule has 1 atom stereocenters. The number of benzene rings is 2. The molecule has 1 unspecified atom stereocenters. The molecule has 0 radical (unpaired) electrons. The van der Waals surface area contributed by atoms with Crippen molar-refractivity contribution >= 4 is 23.2 Å². The lowest BCUT2D eigenvalue weighted by atomic mass is 10.0. The van der Waals surface area contributed by atoms with Gasteiger partial charge in [0.1, 0.15) is 0 Å². The van der Waals surface area contributed by atoms with Gasteiger partial charge in [-0.1, -0.05) is 38.1 Å². The lowest BCUT2D eigenvalue weighted by Crippen LogP contribution is -2.28. The van der Waals surface area contributed by atoms with Gasteiger partial charge in [-0.25, -0.2) is 0 Å². The molecule has 1 heterocycles. The number of hydrogen-bond acceptors (Lipinski definition) is 2. The van der Waals surface area contributed by atoms with Crippen LogP contribution in [0.25, 0.3) is 0 Å². The summed E-state index contributed by atoms with van der Waals surface area (Å²) in [6.45, 7) is 4.67. The summed E-state index contributed by atoms with van der Waals surface area (Å²) in [5.41, 5.74) is 5.63. The molecule has 2 aromatic rings. The molecule has 27 heavy (non-hydrogen) atoms. The highest BCUT2D eigenvalue weighted by Gasteiger charge is 2.35. The minimum absolute atomic E-state index is 0.0326. The third kappa shape index (κ3) is 3.48. The number of carbonyl (C=O) groups excluding carboxylic acids is 2. The first-order chi connectivity index (χ1) is 13.0. The van der Waals surface area contributed by atoms with Gasteiger partial charge in [0.15, 0.2) is 0 Å². The highest BCUT2D eigenvalue weighted by Crippen LogP contribution is 2.31. The molecular weight excluding hydrogens is 336 g/mol. The van der Waals surface area contributed by atoms with E-state index in [9.17, 15) is 9.59 Å². The Balaban J connectivity index is 1.48. The molecular formula is C23H26N2O2. The maximum atomic E-state index is 12.8. The first kappa shape index (κ1) is 17.8. The number of rotatable bonds is 4. The topological polar surface area (TPSA) is 49.4 Å². The fourth-order valence-electron chi connectivity index (χ4n) is 4.21. The second kappa shape index (κ2) is 7.18. The minimum atomic E-state index is -0.314. The van der Waals surface area contributed by atoms with Crippen LogP contribution in [-0.4, -0.2) is 18.4 Å². The van der Waals surface area contributed by atoms with Gasteiger partial charge in [-0.15, -0.1) is 0 Å². The summed E-state index contributed by atoms with van der Waals surface area (Å²) in [5.74, 6) is -0.0223. The fourth-order valence-corrected chi connectivity index (χ4v) is 4.21. The van der Waals surface area contributed by atoms with E-state index in [-0.39, 0.29) is 24.2 Å². The van der Waals surface area contributed by atoms with Crippen molar-refractivity contribution in [2.45, 2.75) is 45.4 Å². The monoisotopic (exact) mass is 362 g/mol. The Hall–Kier alpha value is -2.62. The normalized spacial score (nSPS) is 18.9. The quantitative estimate of drug-likeness (QED) is 0.882. The van der Waals surface area contributed by atoms with Crippen molar-refractivity contribution in [2.75, 3.05) is 16.8 Å². The Kier molecular flexibility index (Phi) is 4.73. The van der Waals surface area contributed by atoms with E-state index in [4.69, 9.17) is 0 Å². The van der Waals surface area contributed by atoms with Gasteiger partial charge in [-0.3, -0.25) is 9.59 Å². The molecule has 4 nitrogen and oxygen atoms in total. The van der Waals surface area contributed by atoms with Crippen molar-refractivity contribution < 1.29 is 9.59 Å². The summed E-state index contributed by atoms with van der Waals surface area (Å²) in [6, 6.07) is 14.2. The average Bonchev–Trinajstić information content (AvgIpc) is 3.27. The summed E-state index contributed by atoms with van der Waals surface area (Å²) < 4.78 is 0. The van der Waals surface area contributed by atoms with Crippen LogP contribution in [0.3, 0.4) is 0 Å². The Morgan fingerprint density at radius 1 is 1.11 bits per heavy atom. The number of fused-ring (bicyclic) bond motifs is 1. The van der Waals surface area contributed by atoms with Crippen LogP contribution >= 0.6 is 0 Å². The molecule has 2 aromatic carbocycles. The predicted molar refractivity (Wildman–Crippen MR) is 108 cm³/mol. The minimum Gasteiger partial charge on any atom is -0.326 e. The lowest BCUT2D eigenvalue weighted by molar-refractivity contribution is -0.122. The Labute approximate surface area is 160 Å². The predicted octanol–water partition coefficient (Wildman–Crippen LogP) is 4.29. The highest BCUT2D eigenvalue weighted by molar-refractivity contribution is 6.03. The van der Waals surface area contributed by atoms with Crippen LogP contribution in [0.2, 0.25) is 0 Å². The fraction of sp³-hybridized carbons (Fsp3) is 0.391. The Bertz CT molecular complexity index is 888. The molecule has 4 rings (SSSR count). The van der Waals surface area contributed by atoms with E-state index >= 15 is 0 Å². The number of para-hydroxylation sites is 1. The van der Waals surface area contributed by atoms with Gasteiger partial charge in [0.2, 0.25) is 11.8 Å². The van der Waals surface area contributed by atoms with Crippen LogP contribution in [0.1, 0.15) is 49.3 Å². The maximum Gasteiger partial charge on any atom is 0.229 e. The van der Waals surface area contributed by atoms with Crippen molar-refractivity contribution in [3.63, 3.8) is 0 Å². The van der Waals surface area contributed by atoms with E-state index in [1.807, 2.05) is 30.3 Å². The Morgan fingerprint density at radius 2 is 1.89 bits per heavy atom. The molecule has 140 valence electrons. The molecule has 1 fully saturated rings. The number of hydrogen-bond donors (Lipinski definition) is 1. The largest absolute Gasteiger partial charge is 0.326 e. The number of amides is 2. The average molecular weight is 362 g/mol. The molecule has 0 aromatic heterocycles. The van der Waals surface area contributed by atoms with E-state index in [2.05, 4.69) is 31.3 Å². The summed E-state index contributed by atoms with van der Waals surface area (Å²) in [5, 5.41) is 3.05. The van der Waals surface area contributed by atoms with Gasteiger partial charge >= 0.3 is 0 Å². The highest BCUT2D eigenvalue weighted by atomic mass is 16.2. The van der Waals surface area contributed by atoms with Gasteiger partial charge in [0, 0.05) is 24.3 Å². The van der Waals surface area contributed by atoms with Gasteiger partial charge < -0.3 is 10.2 Å². The maximum absolute atomic E-state index is 12.8. The van der Waals surface area contributed by atoms with Gasteiger partial charge in [0.25, 0.3) is 0 Å². The molecule has 2 aliphatic rings. The summed E-state index contributed by atoms with van der Waals surface area (Å²) in [6.07, 6.45) is 3.67. The van der Waals surface area contributed by atoms with Gasteiger partial charge in [-0.2, -0.15) is 0 Å². The number of nitrogens with zero attached hydrogens (tertiary/aromatic N) is 1. The molecule has 0 saturated carbocycles. The van der Waals surface area contributed by atoms with Gasteiger partial charge in [0.05, 0.1) is 5.92 Å². The SMILES string of the molecule is CC(C)c1ccccc1NC(=O)C1CC(=O)N(c2ccc3c(c2)CCC3)C1. The number of carbonyl (C=O) groups is 2. The van der Waals surface area contributed by atoms with E-state index in [1.165, 1.54) is 17.5 Å². The van der Waals surface area contributed by atoms with Crippen LogP contribution in [-0.2, 0) is 22.4 Å². The molecule has 1 aliphatic heterocycles. The van der Waals surface area contributed by atoms with Crippen molar-refractivity contribution in [1.29, 1.82) is 0 Å². The summed E-state index contributed by atoms with van der Waals surface area (Å²) in [7, 11) is 0. The van der Waals surface area contributed by atoms with Crippen LogP contribution in [0.4, 0.5) is 11.4 Å². The zero-order valence-corrected chi connectivity index (χ0v) is 16.0. The van der Waals surface area contributed by atoms with E-state index in [1.54, 1.807) is 4.90 Å². The van der Waals surface area contributed by atoms with Crippen LogP contribution in [0.15, 0.2) is 42.5 Å². The zero-order chi connectivity index (χ0) is 19.0. The molecule has 0 bridgehead atoms. The summed E-state index contributed by atoms with van der Waals surface area (Å²) >= 11 is 0. The Morgan fingerprint density at radius 3 is 2.70 bits per heavy atom. The third-order valence-corrected chi connectivity index (χ3v) is 5.73. The van der Waals surface area contributed by atoms with Crippen LogP contribution in [0.5, 0.6) is 0 Å².